The lowest BCUT2D eigenvalue weighted by Crippen LogP contribution is -2.46. The van der Waals surface area contributed by atoms with Gasteiger partial charge in [-0.15, -0.1) is 12.4 Å². The number of amides is 1. The number of likely N-dealkylation sites (N-methyl/N-ethyl adjacent to an activating group) is 1. The van der Waals surface area contributed by atoms with E-state index >= 15 is 0 Å². The fraction of sp³-hybridized carbons (Fsp3) is 0.929. The molecule has 0 spiro atoms. The molecule has 1 N–H and O–H groups in total. The second-order valence-corrected chi connectivity index (χ2v) is 6.38. The Balaban J connectivity index is 0.00000289. The average molecular weight is 277 g/mol. The Bertz CT molecular complexity index is 251. The lowest BCUT2D eigenvalue weighted by molar-refractivity contribution is -0.132. The Morgan fingerprint density at radius 2 is 2.06 bits per heavy atom. The van der Waals surface area contributed by atoms with Crippen LogP contribution in [0.25, 0.3) is 0 Å². The zero-order chi connectivity index (χ0) is 12.9. The quantitative estimate of drug-likeness (QED) is 0.856. The van der Waals surface area contributed by atoms with Crippen LogP contribution in [-0.2, 0) is 4.79 Å². The minimum Gasteiger partial charge on any atom is -0.341 e. The zero-order valence-electron chi connectivity index (χ0n) is 12.3. The molecule has 0 aromatic carbocycles. The van der Waals surface area contributed by atoms with Crippen molar-refractivity contribution in [2.75, 3.05) is 20.1 Å². The minimum absolute atomic E-state index is 0. The number of halogens is 1. The van der Waals surface area contributed by atoms with Gasteiger partial charge in [0, 0.05) is 25.6 Å². The van der Waals surface area contributed by atoms with Gasteiger partial charge in [-0.1, -0.05) is 20.8 Å². The number of carbonyl (C=O) groups is 1. The van der Waals surface area contributed by atoms with Crippen LogP contribution in [-0.4, -0.2) is 37.0 Å². The van der Waals surface area contributed by atoms with E-state index in [2.05, 4.69) is 26.1 Å². The first-order valence-electron chi connectivity index (χ1n) is 6.87. The van der Waals surface area contributed by atoms with Crippen LogP contribution in [0.15, 0.2) is 0 Å². The monoisotopic (exact) mass is 276 g/mol. The summed E-state index contributed by atoms with van der Waals surface area (Å²) in [5.41, 5.74) is 0.343. The number of carbonyl (C=O) groups excluding carboxylic acids is 1. The van der Waals surface area contributed by atoms with Gasteiger partial charge in [0.1, 0.15) is 0 Å². The van der Waals surface area contributed by atoms with Crippen molar-refractivity contribution in [2.45, 2.75) is 58.9 Å². The summed E-state index contributed by atoms with van der Waals surface area (Å²) in [6, 6.07) is 0.496. The maximum Gasteiger partial charge on any atom is 0.222 e. The van der Waals surface area contributed by atoms with Gasteiger partial charge in [-0.3, -0.25) is 4.79 Å². The van der Waals surface area contributed by atoms with E-state index in [4.69, 9.17) is 0 Å². The highest BCUT2D eigenvalue weighted by molar-refractivity contribution is 5.85. The van der Waals surface area contributed by atoms with Crippen molar-refractivity contribution in [3.63, 3.8) is 0 Å². The predicted octanol–water partition coefficient (Wildman–Crippen LogP) is 2.84. The molecular weight excluding hydrogens is 248 g/mol. The van der Waals surface area contributed by atoms with Crippen LogP contribution < -0.4 is 5.32 Å². The molecule has 0 aromatic heterocycles. The summed E-state index contributed by atoms with van der Waals surface area (Å²) in [5.74, 6) is 0.342. The lowest BCUT2D eigenvalue weighted by atomic mass is 9.89. The Morgan fingerprint density at radius 3 is 2.61 bits per heavy atom. The first kappa shape index (κ1) is 17.7. The standard InChI is InChI=1S/C14H28N2O.ClH/c1-14(2,3)9-5-8-13(17)16-10-6-7-12(11-16)15-4;/h12,15H,5-11H2,1-4H3;1H. The second-order valence-electron chi connectivity index (χ2n) is 6.38. The third-order valence-electron chi connectivity index (χ3n) is 3.50. The van der Waals surface area contributed by atoms with Crippen molar-refractivity contribution >= 4 is 18.3 Å². The van der Waals surface area contributed by atoms with Crippen molar-refractivity contribution in [2.24, 2.45) is 5.41 Å². The first-order valence-corrected chi connectivity index (χ1v) is 6.87. The van der Waals surface area contributed by atoms with Crippen molar-refractivity contribution in [3.05, 3.63) is 0 Å². The SMILES string of the molecule is CNC1CCCN(C(=O)CCCC(C)(C)C)C1.Cl. The van der Waals surface area contributed by atoms with Gasteiger partial charge in [-0.25, -0.2) is 0 Å². The van der Waals surface area contributed by atoms with E-state index in [-0.39, 0.29) is 12.4 Å². The number of hydrogen-bond acceptors (Lipinski definition) is 2. The molecule has 3 nitrogen and oxygen atoms in total. The van der Waals surface area contributed by atoms with Gasteiger partial charge < -0.3 is 10.2 Å². The molecule has 108 valence electrons. The van der Waals surface area contributed by atoms with Crippen molar-refractivity contribution in [1.82, 2.24) is 10.2 Å². The van der Waals surface area contributed by atoms with Crippen LogP contribution in [0.5, 0.6) is 0 Å². The Morgan fingerprint density at radius 1 is 1.39 bits per heavy atom. The van der Waals surface area contributed by atoms with Crippen LogP contribution >= 0.6 is 12.4 Å². The number of nitrogens with one attached hydrogen (secondary N) is 1. The smallest absolute Gasteiger partial charge is 0.222 e. The molecule has 1 rings (SSSR count). The summed E-state index contributed by atoms with van der Waals surface area (Å²) in [4.78, 5) is 14.1. The molecule has 1 fully saturated rings. The number of piperidine rings is 1. The summed E-state index contributed by atoms with van der Waals surface area (Å²) in [5, 5.41) is 3.28. The third-order valence-corrected chi connectivity index (χ3v) is 3.50. The molecule has 1 unspecified atom stereocenters. The van der Waals surface area contributed by atoms with Crippen LogP contribution in [0.2, 0.25) is 0 Å². The molecule has 0 aliphatic carbocycles. The summed E-state index contributed by atoms with van der Waals surface area (Å²) in [6.07, 6.45) is 5.19. The highest BCUT2D eigenvalue weighted by Gasteiger charge is 2.22. The maximum absolute atomic E-state index is 12.0. The van der Waals surface area contributed by atoms with E-state index in [1.807, 2.05) is 11.9 Å². The highest BCUT2D eigenvalue weighted by atomic mass is 35.5. The zero-order valence-corrected chi connectivity index (χ0v) is 13.1. The first-order chi connectivity index (χ1) is 7.92. The third kappa shape index (κ3) is 6.60. The van der Waals surface area contributed by atoms with Crippen molar-refractivity contribution in [3.8, 4) is 0 Å². The van der Waals surface area contributed by atoms with Gasteiger partial charge in [0.2, 0.25) is 5.91 Å². The van der Waals surface area contributed by atoms with Gasteiger partial charge in [-0.05, 0) is 38.1 Å². The number of nitrogens with zero attached hydrogens (tertiary/aromatic N) is 1. The molecule has 1 saturated heterocycles. The largest absolute Gasteiger partial charge is 0.341 e. The summed E-state index contributed by atoms with van der Waals surface area (Å²) < 4.78 is 0. The topological polar surface area (TPSA) is 32.3 Å². The normalized spacial score (nSPS) is 20.4. The van der Waals surface area contributed by atoms with Crippen LogP contribution in [0.4, 0.5) is 0 Å². The van der Waals surface area contributed by atoms with Crippen molar-refractivity contribution in [1.29, 1.82) is 0 Å². The number of hydrogen-bond donors (Lipinski definition) is 1. The van der Waals surface area contributed by atoms with E-state index in [0.717, 1.165) is 32.4 Å². The Kier molecular flexibility index (Phi) is 7.88. The molecule has 1 amide bonds. The summed E-state index contributed by atoms with van der Waals surface area (Å²) in [7, 11) is 1.98. The lowest BCUT2D eigenvalue weighted by Gasteiger charge is -2.32. The van der Waals surface area contributed by atoms with E-state index < -0.39 is 0 Å². The van der Waals surface area contributed by atoms with Gasteiger partial charge in [-0.2, -0.15) is 0 Å². The molecule has 0 bridgehead atoms. The van der Waals surface area contributed by atoms with Crippen molar-refractivity contribution < 1.29 is 4.79 Å². The summed E-state index contributed by atoms with van der Waals surface area (Å²) in [6.45, 7) is 8.54. The molecule has 0 aromatic rings. The second kappa shape index (κ2) is 8.00. The molecule has 18 heavy (non-hydrogen) atoms. The van der Waals surface area contributed by atoms with E-state index in [1.54, 1.807) is 0 Å². The number of rotatable bonds is 4. The highest BCUT2D eigenvalue weighted by Crippen LogP contribution is 2.22. The molecule has 1 aliphatic rings. The van der Waals surface area contributed by atoms with E-state index in [0.29, 0.717) is 23.8 Å². The Labute approximate surface area is 118 Å². The van der Waals surface area contributed by atoms with Crippen LogP contribution in [0, 0.1) is 5.41 Å². The molecule has 0 saturated carbocycles. The van der Waals surface area contributed by atoms with Gasteiger partial charge in [0.15, 0.2) is 0 Å². The molecule has 1 atom stereocenters. The maximum atomic E-state index is 12.0. The fourth-order valence-corrected chi connectivity index (χ4v) is 2.37. The van der Waals surface area contributed by atoms with E-state index in [1.165, 1.54) is 6.42 Å². The van der Waals surface area contributed by atoms with Gasteiger partial charge >= 0.3 is 0 Å². The molecule has 0 radical (unpaired) electrons. The molecule has 1 aliphatic heterocycles. The van der Waals surface area contributed by atoms with Gasteiger partial charge in [0.25, 0.3) is 0 Å². The Hall–Kier alpha value is -0.280. The minimum atomic E-state index is 0. The molecule has 1 heterocycles. The summed E-state index contributed by atoms with van der Waals surface area (Å²) >= 11 is 0. The molecular formula is C14H29ClN2O. The number of likely N-dealkylation sites (tertiary alicyclic amines) is 1. The van der Waals surface area contributed by atoms with Gasteiger partial charge in [0.05, 0.1) is 0 Å². The fourth-order valence-electron chi connectivity index (χ4n) is 2.37. The van der Waals surface area contributed by atoms with Crippen LogP contribution in [0.1, 0.15) is 52.9 Å². The predicted molar refractivity (Wildman–Crippen MR) is 79.2 cm³/mol. The average Bonchev–Trinajstić information content (AvgIpc) is 2.27. The van der Waals surface area contributed by atoms with Crippen LogP contribution in [0.3, 0.4) is 0 Å². The molecule has 4 heteroatoms. The van der Waals surface area contributed by atoms with E-state index in [9.17, 15) is 4.79 Å².